The highest BCUT2D eigenvalue weighted by Crippen LogP contribution is 2.20. The van der Waals surface area contributed by atoms with Gasteiger partial charge in [-0.2, -0.15) is 0 Å². The van der Waals surface area contributed by atoms with Crippen molar-refractivity contribution in [1.29, 1.82) is 0 Å². The zero-order valence-corrected chi connectivity index (χ0v) is 8.34. The van der Waals surface area contributed by atoms with Gasteiger partial charge in [0, 0.05) is 11.8 Å². The third-order valence-corrected chi connectivity index (χ3v) is 2.03. The molecule has 0 atom stereocenters. The smallest absolute Gasteiger partial charge is 0.137 e. The number of hydrogen-bond donors (Lipinski definition) is 1. The summed E-state index contributed by atoms with van der Waals surface area (Å²) < 4.78 is 5.09. The van der Waals surface area contributed by atoms with Crippen LogP contribution in [0.25, 0.3) is 11.3 Å². The number of ether oxygens (including phenoxy) is 1. The zero-order chi connectivity index (χ0) is 10.7. The summed E-state index contributed by atoms with van der Waals surface area (Å²) in [6.45, 7) is 0. The first-order valence-corrected chi connectivity index (χ1v) is 4.50. The van der Waals surface area contributed by atoms with E-state index in [1.807, 2.05) is 18.2 Å². The van der Waals surface area contributed by atoms with Crippen LogP contribution in [-0.2, 0) is 0 Å². The molecule has 0 saturated carbocycles. The van der Waals surface area contributed by atoms with Gasteiger partial charge in [0.1, 0.15) is 5.75 Å². The molecule has 0 fully saturated rings. The Hall–Kier alpha value is -2.10. The van der Waals surface area contributed by atoms with E-state index in [1.54, 1.807) is 25.7 Å². The molecule has 4 nitrogen and oxygen atoms in total. The second-order valence-electron chi connectivity index (χ2n) is 3.09. The van der Waals surface area contributed by atoms with Gasteiger partial charge in [-0.3, -0.25) is 9.97 Å². The highest BCUT2D eigenvalue weighted by Gasteiger charge is 2.00. The van der Waals surface area contributed by atoms with Crippen LogP contribution >= 0.6 is 0 Å². The lowest BCUT2D eigenvalue weighted by atomic mass is 10.2. The van der Waals surface area contributed by atoms with Crippen molar-refractivity contribution in [3.63, 3.8) is 0 Å². The van der Waals surface area contributed by atoms with Crippen LogP contribution in [0, 0.1) is 0 Å². The van der Waals surface area contributed by atoms with Crippen LogP contribution in [0.4, 0.5) is 5.69 Å². The molecule has 0 bridgehead atoms. The molecular formula is C11H11N3O. The maximum absolute atomic E-state index is 5.56. The van der Waals surface area contributed by atoms with Crippen molar-refractivity contribution in [1.82, 2.24) is 9.97 Å². The first kappa shape index (κ1) is 9.45. The average Bonchev–Trinajstić information content (AvgIpc) is 2.30. The summed E-state index contributed by atoms with van der Waals surface area (Å²) in [5, 5.41) is 0. The molecule has 0 unspecified atom stereocenters. The fourth-order valence-electron chi connectivity index (χ4n) is 1.25. The standard InChI is InChI=1S/C11H11N3O/c1-15-10-4-8(5-13-7-10)11-3-2-9(12)6-14-11/h2-7H,12H2,1H3. The minimum Gasteiger partial charge on any atom is -0.495 e. The lowest BCUT2D eigenvalue weighted by molar-refractivity contribution is 0.413. The fraction of sp³-hybridized carbons (Fsp3) is 0.0909. The third kappa shape index (κ3) is 2.04. The van der Waals surface area contributed by atoms with Crippen molar-refractivity contribution >= 4 is 5.69 Å². The Morgan fingerprint density at radius 3 is 2.73 bits per heavy atom. The Morgan fingerprint density at radius 2 is 2.07 bits per heavy atom. The van der Waals surface area contributed by atoms with Crippen molar-refractivity contribution in [2.45, 2.75) is 0 Å². The molecule has 2 aromatic heterocycles. The molecule has 76 valence electrons. The Kier molecular flexibility index (Phi) is 2.49. The number of anilines is 1. The van der Waals surface area contributed by atoms with E-state index < -0.39 is 0 Å². The van der Waals surface area contributed by atoms with Gasteiger partial charge < -0.3 is 10.5 Å². The number of aromatic nitrogens is 2. The summed E-state index contributed by atoms with van der Waals surface area (Å²) >= 11 is 0. The summed E-state index contributed by atoms with van der Waals surface area (Å²) in [7, 11) is 1.61. The monoisotopic (exact) mass is 201 g/mol. The average molecular weight is 201 g/mol. The number of nitrogens with two attached hydrogens (primary N) is 1. The lowest BCUT2D eigenvalue weighted by Gasteiger charge is -2.03. The van der Waals surface area contributed by atoms with Gasteiger partial charge in [-0.05, 0) is 18.2 Å². The van der Waals surface area contributed by atoms with Crippen LogP contribution in [-0.4, -0.2) is 17.1 Å². The van der Waals surface area contributed by atoms with E-state index in [-0.39, 0.29) is 0 Å². The Balaban J connectivity index is 2.40. The Bertz CT molecular complexity index is 454. The van der Waals surface area contributed by atoms with E-state index in [1.165, 1.54) is 0 Å². The van der Waals surface area contributed by atoms with Gasteiger partial charge in [0.2, 0.25) is 0 Å². The van der Waals surface area contributed by atoms with Gasteiger partial charge in [0.05, 0.1) is 30.9 Å². The van der Waals surface area contributed by atoms with Gasteiger partial charge in [0.25, 0.3) is 0 Å². The molecule has 0 radical (unpaired) electrons. The summed E-state index contributed by atoms with van der Waals surface area (Å²) in [4.78, 5) is 8.26. The van der Waals surface area contributed by atoms with Crippen molar-refractivity contribution in [2.75, 3.05) is 12.8 Å². The molecule has 2 N–H and O–H groups in total. The largest absolute Gasteiger partial charge is 0.495 e. The molecule has 0 aliphatic rings. The molecule has 4 heteroatoms. The summed E-state index contributed by atoms with van der Waals surface area (Å²) in [6.07, 6.45) is 5.01. The molecular weight excluding hydrogens is 190 g/mol. The van der Waals surface area contributed by atoms with E-state index in [2.05, 4.69) is 9.97 Å². The highest BCUT2D eigenvalue weighted by molar-refractivity contribution is 5.60. The van der Waals surface area contributed by atoms with Gasteiger partial charge >= 0.3 is 0 Å². The normalized spacial score (nSPS) is 9.93. The molecule has 0 aliphatic carbocycles. The van der Waals surface area contributed by atoms with E-state index in [0.29, 0.717) is 11.4 Å². The summed E-state index contributed by atoms with van der Waals surface area (Å²) in [6, 6.07) is 5.54. The second kappa shape index (κ2) is 3.96. The van der Waals surface area contributed by atoms with Gasteiger partial charge in [-0.15, -0.1) is 0 Å². The van der Waals surface area contributed by atoms with Crippen LogP contribution in [0.15, 0.2) is 36.8 Å². The van der Waals surface area contributed by atoms with Crippen molar-refractivity contribution in [3.05, 3.63) is 36.8 Å². The molecule has 2 heterocycles. The maximum Gasteiger partial charge on any atom is 0.137 e. The van der Waals surface area contributed by atoms with Crippen molar-refractivity contribution < 1.29 is 4.74 Å². The van der Waals surface area contributed by atoms with E-state index in [0.717, 1.165) is 11.3 Å². The van der Waals surface area contributed by atoms with E-state index in [9.17, 15) is 0 Å². The van der Waals surface area contributed by atoms with Crippen molar-refractivity contribution in [3.8, 4) is 17.0 Å². The minimum atomic E-state index is 0.648. The summed E-state index contributed by atoms with van der Waals surface area (Å²) in [5.41, 5.74) is 7.95. The van der Waals surface area contributed by atoms with E-state index >= 15 is 0 Å². The summed E-state index contributed by atoms with van der Waals surface area (Å²) in [5.74, 6) is 0.714. The molecule has 0 saturated heterocycles. The highest BCUT2D eigenvalue weighted by atomic mass is 16.5. The molecule has 0 amide bonds. The number of pyridine rings is 2. The fourth-order valence-corrected chi connectivity index (χ4v) is 1.25. The van der Waals surface area contributed by atoms with Crippen LogP contribution in [0.5, 0.6) is 5.75 Å². The van der Waals surface area contributed by atoms with Crippen molar-refractivity contribution in [2.24, 2.45) is 0 Å². The number of rotatable bonds is 2. The van der Waals surface area contributed by atoms with Gasteiger partial charge in [-0.25, -0.2) is 0 Å². The third-order valence-electron chi connectivity index (χ3n) is 2.03. The SMILES string of the molecule is COc1cncc(-c2ccc(N)cn2)c1. The Morgan fingerprint density at radius 1 is 1.20 bits per heavy atom. The maximum atomic E-state index is 5.56. The number of methoxy groups -OCH3 is 1. The first-order chi connectivity index (χ1) is 7.29. The first-order valence-electron chi connectivity index (χ1n) is 4.50. The quantitative estimate of drug-likeness (QED) is 0.803. The number of hydrogen-bond acceptors (Lipinski definition) is 4. The number of nitrogens with zero attached hydrogens (tertiary/aromatic N) is 2. The topological polar surface area (TPSA) is 61.0 Å². The molecule has 2 aromatic rings. The minimum absolute atomic E-state index is 0.648. The molecule has 15 heavy (non-hydrogen) atoms. The van der Waals surface area contributed by atoms with Crippen LogP contribution in [0.2, 0.25) is 0 Å². The van der Waals surface area contributed by atoms with Crippen LogP contribution < -0.4 is 10.5 Å². The van der Waals surface area contributed by atoms with Crippen LogP contribution in [0.3, 0.4) is 0 Å². The zero-order valence-electron chi connectivity index (χ0n) is 8.34. The van der Waals surface area contributed by atoms with E-state index in [4.69, 9.17) is 10.5 Å². The van der Waals surface area contributed by atoms with Gasteiger partial charge in [0.15, 0.2) is 0 Å². The van der Waals surface area contributed by atoms with Crippen LogP contribution in [0.1, 0.15) is 0 Å². The number of nitrogen functional groups attached to an aromatic ring is 1. The molecule has 2 rings (SSSR count). The predicted octanol–water partition coefficient (Wildman–Crippen LogP) is 1.73. The second-order valence-corrected chi connectivity index (χ2v) is 3.09. The predicted molar refractivity (Wildman–Crippen MR) is 58.4 cm³/mol. The Labute approximate surface area is 87.7 Å². The molecule has 0 aliphatic heterocycles. The lowest BCUT2D eigenvalue weighted by Crippen LogP contribution is -1.90. The molecule has 0 spiro atoms. The van der Waals surface area contributed by atoms with Gasteiger partial charge in [-0.1, -0.05) is 0 Å². The molecule has 0 aromatic carbocycles.